The van der Waals surface area contributed by atoms with Crippen molar-refractivity contribution in [2.45, 2.75) is 57.9 Å². The van der Waals surface area contributed by atoms with Gasteiger partial charge in [0, 0.05) is 30.9 Å². The number of hydrogen-bond donors (Lipinski definition) is 1. The third-order valence-electron chi connectivity index (χ3n) is 5.48. The maximum atomic E-state index is 11.7. The summed E-state index contributed by atoms with van der Waals surface area (Å²) in [6.07, 6.45) is 10.5. The van der Waals surface area contributed by atoms with Crippen LogP contribution < -0.4 is 0 Å². The summed E-state index contributed by atoms with van der Waals surface area (Å²) < 4.78 is 2.31. The fourth-order valence-electron chi connectivity index (χ4n) is 3.76. The van der Waals surface area contributed by atoms with Crippen molar-refractivity contribution >= 4 is 16.9 Å². The Bertz CT molecular complexity index is 970. The quantitative estimate of drug-likeness (QED) is 0.546. The molecule has 4 rings (SSSR count). The molecule has 140 valence electrons. The largest absolute Gasteiger partial charge is 0.478 e. The minimum absolute atomic E-state index is 0.344. The van der Waals surface area contributed by atoms with Gasteiger partial charge in [-0.3, -0.25) is 4.98 Å². The van der Waals surface area contributed by atoms with Crippen molar-refractivity contribution in [2.24, 2.45) is 0 Å². The smallest absolute Gasteiger partial charge is 0.337 e. The molecule has 1 N–H and O–H groups in total. The number of carboxylic acid groups (broad SMARTS) is 1. The fourth-order valence-corrected chi connectivity index (χ4v) is 3.76. The zero-order valence-electron chi connectivity index (χ0n) is 15.8. The van der Waals surface area contributed by atoms with Crippen LogP contribution in [0.5, 0.6) is 0 Å². The number of benzene rings is 1. The van der Waals surface area contributed by atoms with Crippen molar-refractivity contribution < 1.29 is 9.90 Å². The van der Waals surface area contributed by atoms with Crippen LogP contribution in [0.3, 0.4) is 0 Å². The van der Waals surface area contributed by atoms with Gasteiger partial charge in [-0.25, -0.2) is 4.79 Å². The van der Waals surface area contributed by atoms with Gasteiger partial charge in [0.1, 0.15) is 0 Å². The predicted molar refractivity (Wildman–Crippen MR) is 107 cm³/mol. The summed E-state index contributed by atoms with van der Waals surface area (Å²) in [5, 5.41) is 10.8. The topological polar surface area (TPSA) is 55.1 Å². The average Bonchev–Trinajstić information content (AvgIpc) is 3.44. The molecule has 4 heteroatoms. The number of fused-ring (bicyclic) bond motifs is 1. The lowest BCUT2D eigenvalue weighted by Crippen LogP contribution is -2.07. The highest BCUT2D eigenvalue weighted by Gasteiger charge is 2.25. The van der Waals surface area contributed by atoms with Gasteiger partial charge in [0.15, 0.2) is 0 Å². The van der Waals surface area contributed by atoms with E-state index < -0.39 is 5.97 Å². The number of rotatable bonds is 8. The lowest BCUT2D eigenvalue weighted by molar-refractivity contribution is 0.0695. The summed E-state index contributed by atoms with van der Waals surface area (Å²) >= 11 is 0. The molecule has 3 aromatic rings. The Morgan fingerprint density at radius 1 is 1.22 bits per heavy atom. The van der Waals surface area contributed by atoms with Crippen LogP contribution in [0.15, 0.2) is 42.7 Å². The molecule has 0 radical (unpaired) electrons. The third kappa shape index (κ3) is 3.90. The molecule has 1 saturated carbocycles. The molecular weight excluding hydrogens is 336 g/mol. The lowest BCUT2D eigenvalue weighted by Gasteiger charge is -2.09. The highest BCUT2D eigenvalue weighted by molar-refractivity contribution is 5.89. The Kier molecular flexibility index (Phi) is 4.97. The Labute approximate surface area is 159 Å². The van der Waals surface area contributed by atoms with E-state index in [9.17, 15) is 9.90 Å². The summed E-state index contributed by atoms with van der Waals surface area (Å²) in [7, 11) is 0. The fraction of sp³-hybridized carbons (Fsp3) is 0.391. The number of aromatic carboxylic acids is 1. The van der Waals surface area contributed by atoms with E-state index in [0.717, 1.165) is 30.5 Å². The summed E-state index contributed by atoms with van der Waals surface area (Å²) in [5.41, 5.74) is 4.40. The molecule has 27 heavy (non-hydrogen) atoms. The van der Waals surface area contributed by atoms with Gasteiger partial charge >= 0.3 is 5.97 Å². The molecule has 0 aliphatic heterocycles. The van der Waals surface area contributed by atoms with Crippen LogP contribution in [0.2, 0.25) is 0 Å². The summed E-state index contributed by atoms with van der Waals surface area (Å²) in [6, 6.07) is 10.4. The zero-order valence-corrected chi connectivity index (χ0v) is 15.8. The Hall–Kier alpha value is -2.62. The normalized spacial score (nSPS) is 14.0. The van der Waals surface area contributed by atoms with Crippen LogP contribution in [-0.2, 0) is 13.0 Å². The van der Waals surface area contributed by atoms with Crippen molar-refractivity contribution in [3.63, 3.8) is 0 Å². The van der Waals surface area contributed by atoms with Crippen LogP contribution in [0.4, 0.5) is 0 Å². The minimum Gasteiger partial charge on any atom is -0.478 e. The standard InChI is InChI=1S/C23H26N2O2/c1-2-3-4-10-25-11-9-18-12-16(5-8-22(18)25)13-21-20(23(26)27)14-19(15-24-21)17-6-7-17/h5,8-9,11-12,14-15,17H,2-4,6-7,10,13H2,1H3,(H,26,27). The lowest BCUT2D eigenvalue weighted by atomic mass is 10.0. The molecule has 2 aromatic heterocycles. The first-order valence-corrected chi connectivity index (χ1v) is 9.95. The number of pyridine rings is 1. The van der Waals surface area contributed by atoms with Gasteiger partial charge in [-0.05, 0) is 66.0 Å². The second kappa shape index (κ2) is 7.55. The first-order chi connectivity index (χ1) is 13.2. The van der Waals surface area contributed by atoms with Gasteiger partial charge in [0.05, 0.1) is 11.3 Å². The minimum atomic E-state index is -0.886. The van der Waals surface area contributed by atoms with Gasteiger partial charge in [-0.1, -0.05) is 25.8 Å². The SMILES string of the molecule is CCCCCn1ccc2cc(Cc3ncc(C4CC4)cc3C(=O)O)ccc21. The van der Waals surface area contributed by atoms with E-state index in [0.29, 0.717) is 23.6 Å². The third-order valence-corrected chi connectivity index (χ3v) is 5.48. The number of aryl methyl sites for hydroxylation is 1. The first kappa shape index (κ1) is 17.8. The molecule has 1 aliphatic rings. The van der Waals surface area contributed by atoms with Crippen LogP contribution in [0.25, 0.3) is 10.9 Å². The van der Waals surface area contributed by atoms with Crippen LogP contribution >= 0.6 is 0 Å². The molecule has 0 amide bonds. The molecule has 0 atom stereocenters. The summed E-state index contributed by atoms with van der Waals surface area (Å²) in [6.45, 7) is 3.26. The van der Waals surface area contributed by atoms with E-state index in [1.54, 1.807) is 0 Å². The molecule has 1 aromatic carbocycles. The number of unbranched alkanes of at least 4 members (excludes halogenated alkanes) is 2. The zero-order chi connectivity index (χ0) is 18.8. The monoisotopic (exact) mass is 362 g/mol. The van der Waals surface area contributed by atoms with Crippen molar-refractivity contribution in [1.82, 2.24) is 9.55 Å². The number of nitrogens with zero attached hydrogens (tertiary/aromatic N) is 2. The van der Waals surface area contributed by atoms with E-state index in [1.165, 1.54) is 30.2 Å². The van der Waals surface area contributed by atoms with E-state index in [1.807, 2.05) is 12.3 Å². The molecule has 0 bridgehead atoms. The molecule has 0 saturated heterocycles. The Balaban J connectivity index is 1.57. The highest BCUT2D eigenvalue weighted by Crippen LogP contribution is 2.40. The van der Waals surface area contributed by atoms with Crippen molar-refractivity contribution in [1.29, 1.82) is 0 Å². The Morgan fingerprint density at radius 3 is 2.81 bits per heavy atom. The Morgan fingerprint density at radius 2 is 2.07 bits per heavy atom. The van der Waals surface area contributed by atoms with Crippen LogP contribution in [-0.4, -0.2) is 20.6 Å². The molecule has 4 nitrogen and oxygen atoms in total. The second-order valence-corrected chi connectivity index (χ2v) is 7.63. The molecule has 1 fully saturated rings. The van der Waals surface area contributed by atoms with Crippen molar-refractivity contribution in [3.8, 4) is 0 Å². The maximum Gasteiger partial charge on any atom is 0.337 e. The van der Waals surface area contributed by atoms with Crippen molar-refractivity contribution in [3.05, 3.63) is 65.1 Å². The van der Waals surface area contributed by atoms with E-state index in [-0.39, 0.29) is 0 Å². The first-order valence-electron chi connectivity index (χ1n) is 9.95. The maximum absolute atomic E-state index is 11.7. The average molecular weight is 362 g/mol. The number of carbonyl (C=O) groups is 1. The number of hydrogen-bond acceptors (Lipinski definition) is 2. The van der Waals surface area contributed by atoms with Gasteiger partial charge in [0.2, 0.25) is 0 Å². The molecule has 1 aliphatic carbocycles. The molecule has 0 spiro atoms. The van der Waals surface area contributed by atoms with E-state index in [4.69, 9.17) is 0 Å². The second-order valence-electron chi connectivity index (χ2n) is 7.63. The summed E-state index contributed by atoms with van der Waals surface area (Å²) in [4.78, 5) is 16.2. The molecular formula is C23H26N2O2. The molecule has 0 unspecified atom stereocenters. The summed E-state index contributed by atoms with van der Waals surface area (Å²) in [5.74, 6) is -0.378. The van der Waals surface area contributed by atoms with Crippen LogP contribution in [0, 0.1) is 0 Å². The van der Waals surface area contributed by atoms with Crippen LogP contribution in [0.1, 0.15) is 72.1 Å². The van der Waals surface area contributed by atoms with Crippen molar-refractivity contribution in [2.75, 3.05) is 0 Å². The van der Waals surface area contributed by atoms with Gasteiger partial charge in [0.25, 0.3) is 0 Å². The number of carboxylic acids is 1. The van der Waals surface area contributed by atoms with E-state index >= 15 is 0 Å². The highest BCUT2D eigenvalue weighted by atomic mass is 16.4. The number of aromatic nitrogens is 2. The predicted octanol–water partition coefficient (Wildman–Crippen LogP) is 5.39. The van der Waals surface area contributed by atoms with Gasteiger partial charge in [-0.15, -0.1) is 0 Å². The van der Waals surface area contributed by atoms with E-state index in [2.05, 4.69) is 46.9 Å². The van der Waals surface area contributed by atoms with Gasteiger partial charge < -0.3 is 9.67 Å². The van der Waals surface area contributed by atoms with Gasteiger partial charge in [-0.2, -0.15) is 0 Å². The molecule has 2 heterocycles.